The highest BCUT2D eigenvalue weighted by molar-refractivity contribution is 7.80. The summed E-state index contributed by atoms with van der Waals surface area (Å²) in [4.78, 5) is 4.36. The van der Waals surface area contributed by atoms with E-state index >= 15 is 0 Å². The Bertz CT molecular complexity index is 688. The minimum absolute atomic E-state index is 0.0548. The second kappa shape index (κ2) is 6.67. The van der Waals surface area contributed by atoms with Gasteiger partial charge in [0.2, 0.25) is 0 Å². The van der Waals surface area contributed by atoms with Crippen LogP contribution in [0.2, 0.25) is 0 Å². The van der Waals surface area contributed by atoms with Crippen LogP contribution in [-0.2, 0) is 5.54 Å². The van der Waals surface area contributed by atoms with E-state index in [0.29, 0.717) is 5.11 Å². The van der Waals surface area contributed by atoms with E-state index in [1.807, 2.05) is 25.3 Å². The van der Waals surface area contributed by atoms with Gasteiger partial charge in [-0.15, -0.1) is 0 Å². The second-order valence-corrected chi connectivity index (χ2v) is 6.87. The zero-order chi connectivity index (χ0) is 16.3. The normalized spacial score (nSPS) is 16.1. The third-order valence-corrected chi connectivity index (χ3v) is 4.74. The number of nitrogens with one attached hydrogen (secondary N) is 2. The van der Waals surface area contributed by atoms with Gasteiger partial charge in [0.1, 0.15) is 5.82 Å². The topological polar surface area (TPSA) is 37.0 Å². The molecule has 1 saturated carbocycles. The van der Waals surface area contributed by atoms with Gasteiger partial charge in [0.05, 0.1) is 5.54 Å². The first-order chi connectivity index (χ1) is 11.1. The van der Waals surface area contributed by atoms with Crippen molar-refractivity contribution in [2.75, 3.05) is 5.32 Å². The molecule has 120 valence electrons. The fourth-order valence-corrected chi connectivity index (χ4v) is 3.61. The quantitative estimate of drug-likeness (QED) is 0.817. The molecule has 1 fully saturated rings. The first kappa shape index (κ1) is 15.9. The molecule has 0 saturated heterocycles. The molecule has 1 heterocycles. The van der Waals surface area contributed by atoms with E-state index in [2.05, 4.69) is 46.8 Å². The van der Waals surface area contributed by atoms with Gasteiger partial charge in [0.15, 0.2) is 5.11 Å². The van der Waals surface area contributed by atoms with Crippen molar-refractivity contribution in [3.63, 3.8) is 0 Å². The Kier molecular flexibility index (Phi) is 4.62. The molecule has 0 bridgehead atoms. The van der Waals surface area contributed by atoms with Crippen molar-refractivity contribution < 1.29 is 0 Å². The molecular weight excluding hydrogens is 302 g/mol. The van der Waals surface area contributed by atoms with Crippen LogP contribution in [0.3, 0.4) is 0 Å². The van der Waals surface area contributed by atoms with Crippen LogP contribution in [0.5, 0.6) is 0 Å². The largest absolute Gasteiger partial charge is 0.353 e. The first-order valence-electron chi connectivity index (χ1n) is 8.16. The van der Waals surface area contributed by atoms with Gasteiger partial charge in [-0.05, 0) is 56.1 Å². The smallest absolute Gasteiger partial charge is 0.172 e. The molecular formula is C19H23N3S. The van der Waals surface area contributed by atoms with Crippen LogP contribution in [0.25, 0.3) is 0 Å². The number of aromatic nitrogens is 1. The van der Waals surface area contributed by atoms with Crippen LogP contribution in [0.1, 0.15) is 42.4 Å². The highest BCUT2D eigenvalue weighted by atomic mass is 32.1. The van der Waals surface area contributed by atoms with Gasteiger partial charge >= 0.3 is 0 Å². The van der Waals surface area contributed by atoms with Crippen LogP contribution >= 0.6 is 12.2 Å². The predicted molar refractivity (Wildman–Crippen MR) is 99.7 cm³/mol. The lowest BCUT2D eigenvalue weighted by molar-refractivity contribution is 0.408. The van der Waals surface area contributed by atoms with Gasteiger partial charge in [-0.2, -0.15) is 0 Å². The van der Waals surface area contributed by atoms with E-state index in [1.165, 1.54) is 24.0 Å². The lowest BCUT2D eigenvalue weighted by Crippen LogP contribution is -2.45. The zero-order valence-electron chi connectivity index (χ0n) is 13.7. The van der Waals surface area contributed by atoms with E-state index in [1.54, 1.807) is 0 Å². The van der Waals surface area contributed by atoms with Gasteiger partial charge in [-0.25, -0.2) is 4.98 Å². The monoisotopic (exact) mass is 325 g/mol. The van der Waals surface area contributed by atoms with E-state index < -0.39 is 0 Å². The third-order valence-electron chi connectivity index (χ3n) is 4.53. The highest BCUT2D eigenvalue weighted by Gasteiger charge is 2.36. The number of aryl methyl sites for hydroxylation is 2. The molecule has 0 radical (unpaired) electrons. The Hall–Kier alpha value is -1.94. The Labute approximate surface area is 143 Å². The summed E-state index contributed by atoms with van der Waals surface area (Å²) < 4.78 is 0. The molecule has 4 heteroatoms. The molecule has 2 N–H and O–H groups in total. The SMILES string of the molecule is Cc1ccc(NC(=S)NC2(c3cccc(C)c3)CCCC2)nc1. The molecule has 23 heavy (non-hydrogen) atoms. The fraction of sp³-hybridized carbons (Fsp3) is 0.368. The number of benzene rings is 1. The molecule has 1 aromatic carbocycles. The molecule has 0 aliphatic heterocycles. The number of nitrogens with zero attached hydrogens (tertiary/aromatic N) is 1. The number of thiocarbonyl (C=S) groups is 1. The van der Waals surface area contributed by atoms with Gasteiger partial charge in [0, 0.05) is 6.20 Å². The van der Waals surface area contributed by atoms with Crippen LogP contribution in [0.4, 0.5) is 5.82 Å². The fourth-order valence-electron chi connectivity index (χ4n) is 3.31. The average molecular weight is 325 g/mol. The predicted octanol–water partition coefficient (Wildman–Crippen LogP) is 4.45. The summed E-state index contributed by atoms with van der Waals surface area (Å²) in [6, 6.07) is 12.7. The summed E-state index contributed by atoms with van der Waals surface area (Å²) >= 11 is 5.55. The number of pyridine rings is 1. The molecule has 0 spiro atoms. The summed E-state index contributed by atoms with van der Waals surface area (Å²) in [5.41, 5.74) is 3.70. The van der Waals surface area contributed by atoms with Crippen molar-refractivity contribution in [3.05, 3.63) is 59.3 Å². The van der Waals surface area contributed by atoms with E-state index in [-0.39, 0.29) is 5.54 Å². The molecule has 1 aliphatic rings. The number of hydrogen-bond acceptors (Lipinski definition) is 2. The van der Waals surface area contributed by atoms with Crippen LogP contribution in [0.15, 0.2) is 42.6 Å². The second-order valence-electron chi connectivity index (χ2n) is 6.46. The van der Waals surface area contributed by atoms with Crippen molar-refractivity contribution >= 4 is 23.1 Å². The van der Waals surface area contributed by atoms with Crippen molar-refractivity contribution in [1.82, 2.24) is 10.3 Å². The molecule has 0 unspecified atom stereocenters. The molecule has 3 nitrogen and oxygen atoms in total. The van der Waals surface area contributed by atoms with Gasteiger partial charge in [0.25, 0.3) is 0 Å². The third kappa shape index (κ3) is 3.70. The Morgan fingerprint density at radius 2 is 1.87 bits per heavy atom. The molecule has 0 atom stereocenters. The van der Waals surface area contributed by atoms with Crippen molar-refractivity contribution in [1.29, 1.82) is 0 Å². The van der Waals surface area contributed by atoms with Gasteiger partial charge in [-0.3, -0.25) is 0 Å². The summed E-state index contributed by atoms with van der Waals surface area (Å²) in [6.07, 6.45) is 6.52. The lowest BCUT2D eigenvalue weighted by atomic mass is 9.87. The maximum Gasteiger partial charge on any atom is 0.172 e. The van der Waals surface area contributed by atoms with Crippen molar-refractivity contribution in [2.24, 2.45) is 0 Å². The molecule has 0 amide bonds. The zero-order valence-corrected chi connectivity index (χ0v) is 14.5. The standard InChI is InChI=1S/C19H23N3S/c1-14-6-5-7-16(12-14)19(10-3-4-11-19)22-18(23)21-17-9-8-15(2)13-20-17/h5-9,12-13H,3-4,10-11H2,1-2H3,(H2,20,21,22,23). The van der Waals surface area contributed by atoms with Gasteiger partial charge in [-0.1, -0.05) is 48.7 Å². The van der Waals surface area contributed by atoms with E-state index in [9.17, 15) is 0 Å². The number of rotatable bonds is 3. The Balaban J connectivity index is 1.77. The minimum Gasteiger partial charge on any atom is -0.353 e. The van der Waals surface area contributed by atoms with Crippen LogP contribution < -0.4 is 10.6 Å². The van der Waals surface area contributed by atoms with E-state index in [0.717, 1.165) is 24.2 Å². The Morgan fingerprint density at radius 1 is 1.09 bits per heavy atom. The highest BCUT2D eigenvalue weighted by Crippen LogP contribution is 2.39. The Morgan fingerprint density at radius 3 is 2.52 bits per heavy atom. The maximum atomic E-state index is 5.55. The van der Waals surface area contributed by atoms with Gasteiger partial charge < -0.3 is 10.6 Å². The molecule has 1 aromatic heterocycles. The molecule has 1 aliphatic carbocycles. The average Bonchev–Trinajstić information content (AvgIpc) is 2.99. The van der Waals surface area contributed by atoms with Crippen molar-refractivity contribution in [3.8, 4) is 0 Å². The summed E-state index contributed by atoms with van der Waals surface area (Å²) in [5, 5.41) is 7.44. The molecule has 2 aromatic rings. The summed E-state index contributed by atoms with van der Waals surface area (Å²) in [7, 11) is 0. The summed E-state index contributed by atoms with van der Waals surface area (Å²) in [5.74, 6) is 0.783. The number of hydrogen-bond donors (Lipinski definition) is 2. The van der Waals surface area contributed by atoms with Crippen LogP contribution in [-0.4, -0.2) is 10.1 Å². The number of anilines is 1. The first-order valence-corrected chi connectivity index (χ1v) is 8.57. The molecule has 3 rings (SSSR count). The van der Waals surface area contributed by atoms with Crippen molar-refractivity contribution in [2.45, 2.75) is 45.1 Å². The summed E-state index contributed by atoms with van der Waals surface area (Å²) in [6.45, 7) is 4.16. The lowest BCUT2D eigenvalue weighted by Gasteiger charge is -2.32. The van der Waals surface area contributed by atoms with Crippen LogP contribution in [0, 0.1) is 13.8 Å². The maximum absolute atomic E-state index is 5.55. The van der Waals surface area contributed by atoms with E-state index in [4.69, 9.17) is 12.2 Å². The minimum atomic E-state index is -0.0548.